The van der Waals surface area contributed by atoms with Gasteiger partial charge in [0.05, 0.1) is 17.1 Å². The Balaban J connectivity index is 0.000000273. The highest BCUT2D eigenvalue weighted by atomic mass is 16.5. The number of carbonyl (C=O) groups is 2. The number of piperazine rings is 1. The second-order valence-electron chi connectivity index (χ2n) is 21.8. The number of nitrogens with zero attached hydrogens (tertiary/aromatic N) is 9. The number of allylic oxidation sites excluding steroid dienone is 3. The fourth-order valence-corrected chi connectivity index (χ4v) is 10.9. The second-order valence-corrected chi connectivity index (χ2v) is 21.8. The molecule has 0 aliphatic carbocycles. The van der Waals surface area contributed by atoms with Crippen LogP contribution in [0.1, 0.15) is 63.9 Å². The van der Waals surface area contributed by atoms with Crippen LogP contribution >= 0.6 is 0 Å². The molecule has 0 radical (unpaired) electrons. The maximum absolute atomic E-state index is 12.9. The van der Waals surface area contributed by atoms with E-state index in [0.29, 0.717) is 17.9 Å². The number of carbonyl (C=O) groups excluding carboxylic acids is 2. The molecule has 17 heteroatoms. The monoisotopic (exact) mass is 1190 g/mol. The number of amides is 2. The molecule has 0 unspecified atom stereocenters. The van der Waals surface area contributed by atoms with Gasteiger partial charge in [0.2, 0.25) is 11.8 Å². The molecule has 1 saturated heterocycles. The summed E-state index contributed by atoms with van der Waals surface area (Å²) in [6.45, 7) is 25.0. The average Bonchev–Trinajstić information content (AvgIpc) is 1.68. The van der Waals surface area contributed by atoms with E-state index in [1.165, 1.54) is 16.7 Å². The molecule has 0 atom stereocenters. The fraction of sp³-hybridized carbons (Fsp3) is 0.296. The van der Waals surface area contributed by atoms with Crippen LogP contribution in [-0.4, -0.2) is 147 Å². The van der Waals surface area contributed by atoms with Crippen LogP contribution in [-0.2, 0) is 9.59 Å². The van der Waals surface area contributed by atoms with Gasteiger partial charge < -0.3 is 55.8 Å². The summed E-state index contributed by atoms with van der Waals surface area (Å²) in [4.78, 5) is 60.8. The van der Waals surface area contributed by atoms with E-state index >= 15 is 0 Å². The van der Waals surface area contributed by atoms with Gasteiger partial charge in [-0.05, 0) is 168 Å². The lowest BCUT2D eigenvalue weighted by molar-refractivity contribution is -0.114. The highest BCUT2D eigenvalue weighted by molar-refractivity contribution is 6.25. The summed E-state index contributed by atoms with van der Waals surface area (Å²) in [5.74, 6) is 0.353. The lowest BCUT2D eigenvalue weighted by Gasteiger charge is -2.34. The minimum Gasteiger partial charge on any atom is -0.506 e. The molecule has 4 aromatic heterocycles. The number of aromatic hydroxyl groups is 1. The number of nitrogens with one attached hydrogen (secondary N) is 2. The Morgan fingerprint density at radius 1 is 0.705 bits per heavy atom. The number of ether oxygens (including phenoxy) is 1. The van der Waals surface area contributed by atoms with Gasteiger partial charge in [0.15, 0.2) is 0 Å². The Bertz CT molecular complexity index is 3980. The number of phenols is 1. The number of H-pyrrole nitrogens is 2. The van der Waals surface area contributed by atoms with Crippen molar-refractivity contribution in [3.05, 3.63) is 162 Å². The number of likely N-dealkylation sites (N-methyl/N-ethyl adjacent to an activating group) is 4. The zero-order valence-corrected chi connectivity index (χ0v) is 53.9. The molecule has 9 rings (SSSR count). The molecule has 88 heavy (non-hydrogen) atoms. The molecule has 8 aromatic rings. The molecule has 0 saturated carbocycles. The number of aromatic nitrogens is 4. The minimum atomic E-state index is -0.335. The number of hydrogen-bond acceptors (Lipinski definition) is 13. The molecule has 17 nitrogen and oxygen atoms in total. The third-order valence-electron chi connectivity index (χ3n) is 16.1. The van der Waals surface area contributed by atoms with Crippen LogP contribution in [0.3, 0.4) is 0 Å². The topological polar surface area (TPSA) is 214 Å². The summed E-state index contributed by atoms with van der Waals surface area (Å²) in [6.07, 6.45) is 11.4. The number of aromatic amines is 2. The van der Waals surface area contributed by atoms with E-state index < -0.39 is 0 Å². The summed E-state index contributed by atoms with van der Waals surface area (Å²) >= 11 is 0. The van der Waals surface area contributed by atoms with Crippen molar-refractivity contribution in [2.24, 2.45) is 21.5 Å². The maximum Gasteiger partial charge on any atom is 0.250 e. The molecule has 4 aromatic carbocycles. The first-order valence-electron chi connectivity index (χ1n) is 29.7. The first-order chi connectivity index (χ1) is 42.3. The maximum atomic E-state index is 12.9. The first-order valence-corrected chi connectivity index (χ1v) is 29.7. The summed E-state index contributed by atoms with van der Waals surface area (Å²) in [5.41, 5.74) is 31.7. The Hall–Kier alpha value is -9.58. The van der Waals surface area contributed by atoms with Gasteiger partial charge in [-0.3, -0.25) is 19.6 Å². The fourth-order valence-electron chi connectivity index (χ4n) is 10.9. The summed E-state index contributed by atoms with van der Waals surface area (Å²) in [6, 6.07) is 28.2. The molecule has 2 amide bonds. The van der Waals surface area contributed by atoms with Gasteiger partial charge in [0.25, 0.3) is 0 Å². The van der Waals surface area contributed by atoms with E-state index in [9.17, 15) is 14.7 Å². The van der Waals surface area contributed by atoms with Crippen LogP contribution in [0.2, 0.25) is 0 Å². The third-order valence-corrected chi connectivity index (χ3v) is 16.1. The SMILES string of the molecule is C/C=C/C(=O)N(C)c1cc(-c2c(-c3ccc(N4CCN(C)CC4)cc3)[nH]c3ncc(/C(=C/N)C(C)=NC)c(C)c23)ccc1C.C=CC(=O)N(C)c1cc(-c2c(-c3ccc(OCCN(C)C)cc3)[nH]c3ncc(/C(=C/N)C(C)=NC)c(C)c23)ccc1O.CC.[HH]. The van der Waals surface area contributed by atoms with Gasteiger partial charge >= 0.3 is 0 Å². The van der Waals surface area contributed by atoms with Gasteiger partial charge in [-0.2, -0.15) is 0 Å². The van der Waals surface area contributed by atoms with Crippen molar-refractivity contribution in [2.75, 3.05) is 103 Å². The molecular weight excluding hydrogens is 1100 g/mol. The average molecular weight is 1190 g/mol. The van der Waals surface area contributed by atoms with E-state index in [1.807, 2.05) is 106 Å². The van der Waals surface area contributed by atoms with Gasteiger partial charge in [-0.1, -0.05) is 56.8 Å². The van der Waals surface area contributed by atoms with E-state index in [0.717, 1.165) is 156 Å². The summed E-state index contributed by atoms with van der Waals surface area (Å²) in [7, 11) is 13.1. The van der Waals surface area contributed by atoms with Gasteiger partial charge in [-0.25, -0.2) is 9.97 Å². The van der Waals surface area contributed by atoms with E-state index in [2.05, 4.69) is 97.7 Å². The van der Waals surface area contributed by atoms with E-state index in [4.69, 9.17) is 26.2 Å². The number of fused-ring (bicyclic) bond motifs is 2. The molecule has 462 valence electrons. The molecule has 1 aliphatic heterocycles. The lowest BCUT2D eigenvalue weighted by atomic mass is 9.92. The van der Waals surface area contributed by atoms with Crippen molar-refractivity contribution >= 4 is 73.5 Å². The molecule has 0 spiro atoms. The predicted octanol–water partition coefficient (Wildman–Crippen LogP) is 12.9. The van der Waals surface area contributed by atoms with Gasteiger partial charge in [0.1, 0.15) is 29.4 Å². The van der Waals surface area contributed by atoms with Crippen LogP contribution in [0.25, 0.3) is 78.0 Å². The van der Waals surface area contributed by atoms with Crippen molar-refractivity contribution in [3.8, 4) is 56.3 Å². The largest absolute Gasteiger partial charge is 0.506 e. The molecule has 5 heterocycles. The van der Waals surface area contributed by atoms with Crippen LogP contribution < -0.4 is 30.9 Å². The van der Waals surface area contributed by atoms with Gasteiger partial charge in [0, 0.05) is 154 Å². The summed E-state index contributed by atoms with van der Waals surface area (Å²) < 4.78 is 5.91. The number of aryl methyl sites for hydroxylation is 3. The Kier molecular flexibility index (Phi) is 22.2. The van der Waals surface area contributed by atoms with Gasteiger partial charge in [-0.15, -0.1) is 0 Å². The quantitative estimate of drug-likeness (QED) is 0.0427. The lowest BCUT2D eigenvalue weighted by Crippen LogP contribution is -2.44. The number of anilines is 3. The van der Waals surface area contributed by atoms with Crippen LogP contribution in [0.4, 0.5) is 17.1 Å². The van der Waals surface area contributed by atoms with Crippen LogP contribution in [0.15, 0.2) is 145 Å². The normalized spacial score (nSPS) is 13.4. The van der Waals surface area contributed by atoms with Crippen LogP contribution in [0.5, 0.6) is 11.5 Å². The molecule has 1 fully saturated rings. The minimum absolute atomic E-state index is 0. The first kappa shape index (κ1) is 66.0. The number of pyridine rings is 2. The highest BCUT2D eigenvalue weighted by Gasteiger charge is 2.26. The van der Waals surface area contributed by atoms with E-state index in [1.54, 1.807) is 68.9 Å². The highest BCUT2D eigenvalue weighted by Crippen LogP contribution is 2.45. The van der Waals surface area contributed by atoms with Crippen molar-refractivity contribution in [1.29, 1.82) is 0 Å². The van der Waals surface area contributed by atoms with Crippen molar-refractivity contribution < 1.29 is 20.9 Å². The zero-order valence-electron chi connectivity index (χ0n) is 53.9. The van der Waals surface area contributed by atoms with Crippen molar-refractivity contribution in [2.45, 2.75) is 55.4 Å². The number of benzene rings is 4. The van der Waals surface area contributed by atoms with Crippen molar-refractivity contribution in [1.82, 2.24) is 29.7 Å². The zero-order chi connectivity index (χ0) is 64.1. The number of nitrogens with two attached hydrogens (primary N) is 2. The third kappa shape index (κ3) is 14.1. The number of aliphatic imine (C=N–C) groups is 2. The Morgan fingerprint density at radius 3 is 1.64 bits per heavy atom. The number of rotatable bonds is 17. The van der Waals surface area contributed by atoms with E-state index in [-0.39, 0.29) is 19.0 Å². The molecule has 1 aliphatic rings. The van der Waals surface area contributed by atoms with Crippen LogP contribution in [0, 0.1) is 20.8 Å². The number of phenolic OH excluding ortho intramolecular Hbond substituents is 1. The smallest absolute Gasteiger partial charge is 0.250 e. The summed E-state index contributed by atoms with van der Waals surface area (Å²) in [5, 5.41) is 12.6. The molecular formula is C71H89N13O4. The standard InChI is InChI=1S/C36H43N7O.C33H38N6O3.C2H6.H2/c1-8-9-32(44)42(7)31-20-27(11-10-23(31)2)34-33-24(3)30(29(21-37)25(4)38-5)22-39-36(33)40-35(34)26-12-14-28(15-13-26)43-18-16-41(6)17-19-43;1-8-29(41)39(7)27-17-23(11-14-28(27)40)31-30-20(2)26(25(18-34)21(3)35-4)19-36-33(30)37-32(31)22-9-12-24(13-10-22)42-16-15-38(5)6;1-2;/h8-15,20-22H,16-19,37H2,1-7H3,(H,39,40);8-14,17-19,40H,1,15-16,34H2,2-7H3,(H,36,37);1-2H3;1H/b9-8+,29-21+,38-25?;25-18+,35-21?;;. The molecule has 0 bridgehead atoms. The number of hydrogen-bond donors (Lipinski definition) is 5. The Labute approximate surface area is 520 Å². The molecule has 7 N–H and O–H groups in total. The Morgan fingerprint density at radius 2 is 1.17 bits per heavy atom. The van der Waals surface area contributed by atoms with Crippen molar-refractivity contribution in [3.63, 3.8) is 0 Å². The predicted molar refractivity (Wildman–Crippen MR) is 371 cm³/mol. The second kappa shape index (κ2) is 29.7.